The van der Waals surface area contributed by atoms with Gasteiger partial charge in [-0.15, -0.1) is 0 Å². The maximum Gasteiger partial charge on any atom is 0.234 e. The summed E-state index contributed by atoms with van der Waals surface area (Å²) in [5.41, 5.74) is 10.4. The van der Waals surface area contributed by atoms with Gasteiger partial charge in [0.2, 0.25) is 11.8 Å². The van der Waals surface area contributed by atoms with Crippen LogP contribution in [0, 0.1) is 0 Å². The first-order valence-electron chi connectivity index (χ1n) is 5.35. The summed E-state index contributed by atoms with van der Waals surface area (Å²) in [6.07, 6.45) is 1.81. The molecule has 0 aromatic heterocycles. The SMILES string of the molecule is CCCN(CCC)C(=O)CC(N)C(N)=O. The Balaban J connectivity index is 4.18. The summed E-state index contributed by atoms with van der Waals surface area (Å²) >= 11 is 0. The van der Waals surface area contributed by atoms with E-state index < -0.39 is 11.9 Å². The van der Waals surface area contributed by atoms with Gasteiger partial charge in [0.1, 0.15) is 0 Å². The van der Waals surface area contributed by atoms with E-state index in [1.165, 1.54) is 0 Å². The number of rotatable bonds is 7. The standard InChI is InChI=1S/C10H21N3O2/c1-3-5-13(6-4-2)9(14)7-8(11)10(12)15/h8H,3-7,11H2,1-2H3,(H2,12,15). The minimum absolute atomic E-state index is 0.00926. The molecule has 15 heavy (non-hydrogen) atoms. The van der Waals surface area contributed by atoms with Crippen molar-refractivity contribution >= 4 is 11.8 Å². The van der Waals surface area contributed by atoms with Gasteiger partial charge in [0.15, 0.2) is 0 Å². The molecule has 1 atom stereocenters. The van der Waals surface area contributed by atoms with Gasteiger partial charge >= 0.3 is 0 Å². The summed E-state index contributed by atoms with van der Waals surface area (Å²) < 4.78 is 0. The van der Waals surface area contributed by atoms with Crippen molar-refractivity contribution in [3.05, 3.63) is 0 Å². The summed E-state index contributed by atoms with van der Waals surface area (Å²) in [5.74, 6) is -0.721. The van der Waals surface area contributed by atoms with Crippen molar-refractivity contribution in [3.8, 4) is 0 Å². The Labute approximate surface area is 90.8 Å². The van der Waals surface area contributed by atoms with Crippen LogP contribution in [0.5, 0.6) is 0 Å². The smallest absolute Gasteiger partial charge is 0.234 e. The highest BCUT2D eigenvalue weighted by molar-refractivity contribution is 5.87. The van der Waals surface area contributed by atoms with Gasteiger partial charge in [0, 0.05) is 13.1 Å². The summed E-state index contributed by atoms with van der Waals surface area (Å²) in [6, 6.07) is -0.867. The van der Waals surface area contributed by atoms with Crippen molar-refractivity contribution in [3.63, 3.8) is 0 Å². The van der Waals surface area contributed by atoms with Crippen LogP contribution in [0.2, 0.25) is 0 Å². The van der Waals surface area contributed by atoms with E-state index >= 15 is 0 Å². The summed E-state index contributed by atoms with van der Waals surface area (Å²) in [4.78, 5) is 24.1. The number of amides is 2. The van der Waals surface area contributed by atoms with Crippen LogP contribution in [0.15, 0.2) is 0 Å². The van der Waals surface area contributed by atoms with E-state index in [0.29, 0.717) is 13.1 Å². The fourth-order valence-corrected chi connectivity index (χ4v) is 1.32. The van der Waals surface area contributed by atoms with Crippen molar-refractivity contribution in [1.82, 2.24) is 4.90 Å². The van der Waals surface area contributed by atoms with Gasteiger partial charge in [-0.1, -0.05) is 13.8 Å². The lowest BCUT2D eigenvalue weighted by Crippen LogP contribution is -2.42. The predicted molar refractivity (Wildman–Crippen MR) is 58.9 cm³/mol. The van der Waals surface area contributed by atoms with Crippen LogP contribution >= 0.6 is 0 Å². The minimum Gasteiger partial charge on any atom is -0.368 e. The summed E-state index contributed by atoms with van der Waals surface area (Å²) in [7, 11) is 0. The van der Waals surface area contributed by atoms with Crippen LogP contribution in [0.1, 0.15) is 33.1 Å². The Morgan fingerprint density at radius 2 is 1.67 bits per heavy atom. The highest BCUT2D eigenvalue weighted by Crippen LogP contribution is 2.00. The van der Waals surface area contributed by atoms with Crippen molar-refractivity contribution in [2.75, 3.05) is 13.1 Å². The fraction of sp³-hybridized carbons (Fsp3) is 0.800. The van der Waals surface area contributed by atoms with Crippen molar-refractivity contribution < 1.29 is 9.59 Å². The second-order valence-electron chi connectivity index (χ2n) is 3.59. The van der Waals surface area contributed by atoms with E-state index in [9.17, 15) is 9.59 Å². The lowest BCUT2D eigenvalue weighted by Gasteiger charge is -2.22. The Morgan fingerprint density at radius 1 is 1.20 bits per heavy atom. The average molecular weight is 215 g/mol. The molecule has 0 rings (SSSR count). The third-order valence-electron chi connectivity index (χ3n) is 2.10. The average Bonchev–Trinajstić information content (AvgIpc) is 2.17. The van der Waals surface area contributed by atoms with E-state index in [4.69, 9.17) is 11.5 Å². The first-order chi connectivity index (χ1) is 7.02. The molecule has 0 fully saturated rings. The molecule has 5 heteroatoms. The van der Waals surface area contributed by atoms with Gasteiger partial charge in [-0.3, -0.25) is 9.59 Å². The molecule has 0 saturated heterocycles. The zero-order chi connectivity index (χ0) is 11.8. The van der Waals surface area contributed by atoms with E-state index in [1.807, 2.05) is 13.8 Å². The molecule has 88 valence electrons. The van der Waals surface area contributed by atoms with E-state index in [-0.39, 0.29) is 12.3 Å². The Morgan fingerprint density at radius 3 is 2.00 bits per heavy atom. The molecule has 0 heterocycles. The van der Waals surface area contributed by atoms with Gasteiger partial charge in [-0.05, 0) is 12.8 Å². The number of carbonyl (C=O) groups is 2. The number of hydrogen-bond donors (Lipinski definition) is 2. The van der Waals surface area contributed by atoms with Crippen molar-refractivity contribution in [1.29, 1.82) is 0 Å². The first-order valence-corrected chi connectivity index (χ1v) is 5.35. The Kier molecular flexibility index (Phi) is 6.70. The van der Waals surface area contributed by atoms with E-state index in [0.717, 1.165) is 12.8 Å². The maximum atomic E-state index is 11.7. The molecule has 0 aliphatic carbocycles. The quantitative estimate of drug-likeness (QED) is 0.618. The topological polar surface area (TPSA) is 89.4 Å². The number of nitrogens with two attached hydrogens (primary N) is 2. The number of hydrogen-bond acceptors (Lipinski definition) is 3. The predicted octanol–water partition coefficient (Wildman–Crippen LogP) is -0.162. The summed E-state index contributed by atoms with van der Waals surface area (Å²) in [6.45, 7) is 5.42. The molecule has 4 N–H and O–H groups in total. The van der Waals surface area contributed by atoms with Gasteiger partial charge in [0.05, 0.1) is 12.5 Å². The van der Waals surface area contributed by atoms with Gasteiger partial charge < -0.3 is 16.4 Å². The molecule has 0 bridgehead atoms. The molecular formula is C10H21N3O2. The molecule has 0 spiro atoms. The number of carbonyl (C=O) groups excluding carboxylic acids is 2. The fourth-order valence-electron chi connectivity index (χ4n) is 1.32. The molecule has 0 radical (unpaired) electrons. The molecule has 5 nitrogen and oxygen atoms in total. The zero-order valence-corrected chi connectivity index (χ0v) is 9.53. The second kappa shape index (κ2) is 7.23. The highest BCUT2D eigenvalue weighted by atomic mass is 16.2. The van der Waals surface area contributed by atoms with Crippen molar-refractivity contribution in [2.45, 2.75) is 39.2 Å². The lowest BCUT2D eigenvalue weighted by atomic mass is 10.2. The Bertz CT molecular complexity index is 213. The van der Waals surface area contributed by atoms with Crippen LogP contribution in [0.3, 0.4) is 0 Å². The first kappa shape index (κ1) is 13.9. The molecule has 1 unspecified atom stereocenters. The van der Waals surface area contributed by atoms with Gasteiger partial charge in [-0.2, -0.15) is 0 Å². The number of primary amides is 1. The van der Waals surface area contributed by atoms with Crippen LogP contribution in [-0.2, 0) is 9.59 Å². The van der Waals surface area contributed by atoms with Crippen LogP contribution in [0.4, 0.5) is 0 Å². The monoisotopic (exact) mass is 215 g/mol. The molecule has 2 amide bonds. The minimum atomic E-state index is -0.867. The van der Waals surface area contributed by atoms with Crippen molar-refractivity contribution in [2.24, 2.45) is 11.5 Å². The molecule has 0 saturated carbocycles. The normalized spacial score (nSPS) is 12.2. The largest absolute Gasteiger partial charge is 0.368 e. The molecule has 0 aromatic carbocycles. The van der Waals surface area contributed by atoms with Gasteiger partial charge in [-0.25, -0.2) is 0 Å². The third kappa shape index (κ3) is 5.37. The Hall–Kier alpha value is -1.10. The highest BCUT2D eigenvalue weighted by Gasteiger charge is 2.18. The molecular weight excluding hydrogens is 194 g/mol. The lowest BCUT2D eigenvalue weighted by molar-refractivity contribution is -0.133. The maximum absolute atomic E-state index is 11.7. The van der Waals surface area contributed by atoms with Crippen LogP contribution in [-0.4, -0.2) is 35.8 Å². The molecule has 0 aromatic rings. The van der Waals surface area contributed by atoms with Gasteiger partial charge in [0.25, 0.3) is 0 Å². The van der Waals surface area contributed by atoms with E-state index in [2.05, 4.69) is 0 Å². The van der Waals surface area contributed by atoms with Crippen LogP contribution < -0.4 is 11.5 Å². The second-order valence-corrected chi connectivity index (χ2v) is 3.59. The number of nitrogens with zero attached hydrogens (tertiary/aromatic N) is 1. The van der Waals surface area contributed by atoms with E-state index in [1.54, 1.807) is 4.90 Å². The third-order valence-corrected chi connectivity index (χ3v) is 2.10. The van der Waals surface area contributed by atoms with Crippen LogP contribution in [0.25, 0.3) is 0 Å². The zero-order valence-electron chi connectivity index (χ0n) is 9.53. The molecule has 0 aliphatic heterocycles. The summed E-state index contributed by atoms with van der Waals surface area (Å²) in [5, 5.41) is 0. The molecule has 0 aliphatic rings.